The van der Waals surface area contributed by atoms with Gasteiger partial charge < -0.3 is 15.2 Å². The van der Waals surface area contributed by atoms with Gasteiger partial charge in [0.05, 0.1) is 5.56 Å². The maximum Gasteiger partial charge on any atom is 0.266 e. The molecule has 1 aliphatic carbocycles. The molecule has 2 amide bonds. The number of thiophene rings is 1. The highest BCUT2D eigenvalue weighted by Gasteiger charge is 2.28. The van der Waals surface area contributed by atoms with Crippen LogP contribution in [0.4, 0.5) is 11.4 Å². The normalized spacial score (nSPS) is 12.9. The van der Waals surface area contributed by atoms with Gasteiger partial charge in [-0.2, -0.15) is 5.26 Å². The summed E-state index contributed by atoms with van der Waals surface area (Å²) in [6.07, 6.45) is 5.66. The molecule has 208 valence electrons. The van der Waals surface area contributed by atoms with Gasteiger partial charge in [0.1, 0.15) is 16.6 Å². The zero-order chi connectivity index (χ0) is 29.3. The lowest BCUT2D eigenvalue weighted by Gasteiger charge is -2.14. The maximum absolute atomic E-state index is 13.8. The van der Waals surface area contributed by atoms with E-state index in [0.29, 0.717) is 5.69 Å². The molecule has 5 rings (SSSR count). The fraction of sp³-hybridized carbons (Fsp3) is 0.265. The van der Waals surface area contributed by atoms with Crippen molar-refractivity contribution in [3.8, 4) is 11.1 Å². The number of anilines is 2. The van der Waals surface area contributed by atoms with Gasteiger partial charge >= 0.3 is 0 Å². The number of carbonyl (C=O) groups excluding carboxylic acids is 2. The number of nitrogens with one attached hydrogen (secondary N) is 2. The first-order valence-corrected chi connectivity index (χ1v) is 14.7. The van der Waals surface area contributed by atoms with Gasteiger partial charge in [0.15, 0.2) is 0 Å². The third kappa shape index (κ3) is 5.75. The third-order valence-electron chi connectivity index (χ3n) is 7.66. The number of benzene rings is 2. The monoisotopic (exact) mass is 562 g/mol. The minimum absolute atomic E-state index is 0.0213. The molecule has 41 heavy (non-hydrogen) atoms. The Hall–Kier alpha value is -4.41. The summed E-state index contributed by atoms with van der Waals surface area (Å²) in [6, 6.07) is 17.6. The van der Waals surface area contributed by atoms with Crippen LogP contribution in [-0.2, 0) is 17.6 Å². The number of rotatable bonds is 6. The van der Waals surface area contributed by atoms with E-state index in [0.717, 1.165) is 81.1 Å². The molecule has 2 aromatic carbocycles. The Morgan fingerprint density at radius 1 is 0.927 bits per heavy atom. The second kappa shape index (κ2) is 11.6. The fourth-order valence-electron chi connectivity index (χ4n) is 5.47. The number of aromatic nitrogens is 1. The second-order valence-corrected chi connectivity index (χ2v) is 11.9. The summed E-state index contributed by atoms with van der Waals surface area (Å²) in [5.74, 6) is -0.563. The van der Waals surface area contributed by atoms with E-state index in [4.69, 9.17) is 0 Å². The van der Waals surface area contributed by atoms with Crippen molar-refractivity contribution in [1.82, 2.24) is 4.57 Å². The van der Waals surface area contributed by atoms with Gasteiger partial charge in [0.2, 0.25) is 0 Å². The van der Waals surface area contributed by atoms with Crippen molar-refractivity contribution in [1.29, 1.82) is 5.26 Å². The minimum Gasteiger partial charge on any atom is -0.322 e. The van der Waals surface area contributed by atoms with Crippen molar-refractivity contribution in [2.45, 2.75) is 60.3 Å². The predicted octanol–water partition coefficient (Wildman–Crippen LogP) is 7.76. The zero-order valence-corrected chi connectivity index (χ0v) is 25.0. The number of nitriles is 1. The molecule has 4 aromatic rings. The van der Waals surface area contributed by atoms with Crippen molar-refractivity contribution < 1.29 is 9.59 Å². The fourth-order valence-corrected chi connectivity index (χ4v) is 6.96. The zero-order valence-electron chi connectivity index (χ0n) is 24.1. The Morgan fingerprint density at radius 2 is 1.63 bits per heavy atom. The lowest BCUT2D eigenvalue weighted by Crippen LogP contribution is -2.17. The van der Waals surface area contributed by atoms with E-state index in [1.807, 2.05) is 83.1 Å². The topological polar surface area (TPSA) is 86.9 Å². The highest BCUT2D eigenvalue weighted by molar-refractivity contribution is 7.15. The average molecular weight is 563 g/mol. The molecule has 2 aromatic heterocycles. The van der Waals surface area contributed by atoms with Gasteiger partial charge in [-0.25, -0.2) is 0 Å². The molecule has 1 aliphatic rings. The maximum atomic E-state index is 13.8. The number of nitrogens with zero attached hydrogens (tertiary/aromatic N) is 2. The molecule has 0 saturated heterocycles. The number of aryl methyl sites for hydroxylation is 5. The van der Waals surface area contributed by atoms with Crippen LogP contribution in [0.2, 0.25) is 0 Å². The Morgan fingerprint density at radius 3 is 2.34 bits per heavy atom. The molecule has 0 spiro atoms. The molecule has 0 radical (unpaired) electrons. The molecule has 2 heterocycles. The van der Waals surface area contributed by atoms with E-state index in [1.54, 1.807) is 17.4 Å². The quantitative estimate of drug-likeness (QED) is 0.186. The van der Waals surface area contributed by atoms with Crippen LogP contribution < -0.4 is 10.6 Å². The molecule has 0 bridgehead atoms. The number of amides is 2. The third-order valence-corrected chi connectivity index (χ3v) is 8.93. The summed E-state index contributed by atoms with van der Waals surface area (Å²) in [5, 5.41) is 16.8. The van der Waals surface area contributed by atoms with E-state index >= 15 is 0 Å². The van der Waals surface area contributed by atoms with Gasteiger partial charge in [0, 0.05) is 27.6 Å². The summed E-state index contributed by atoms with van der Waals surface area (Å²) in [7, 11) is 0. The van der Waals surface area contributed by atoms with E-state index in [9.17, 15) is 14.9 Å². The highest BCUT2D eigenvalue weighted by atomic mass is 32.1. The van der Waals surface area contributed by atoms with Crippen LogP contribution in [0.3, 0.4) is 0 Å². The van der Waals surface area contributed by atoms with Gasteiger partial charge in [0.25, 0.3) is 11.8 Å². The molecule has 0 aliphatic heterocycles. The molecular weight excluding hydrogens is 528 g/mol. The first-order chi connectivity index (χ1) is 19.7. The molecule has 0 atom stereocenters. The van der Waals surface area contributed by atoms with Gasteiger partial charge in [-0.1, -0.05) is 35.4 Å². The van der Waals surface area contributed by atoms with E-state index in [-0.39, 0.29) is 11.5 Å². The lowest BCUT2D eigenvalue weighted by atomic mass is 9.95. The standard InChI is InChI=1S/C34H34N4O2S/c1-20-10-13-27(14-11-20)36-33(40)31-28-8-6-7-9-30(28)41-34(31)38-23(4)17-25(24(38)5)18-26(19-35)32(39)37-29-15-12-21(2)16-22(29)3/h10-18H,6-9H2,1-5H3,(H,36,40)(H,37,39)/b26-18-. The Labute approximate surface area is 245 Å². The van der Waals surface area contributed by atoms with Crippen molar-refractivity contribution in [2.24, 2.45) is 0 Å². The summed E-state index contributed by atoms with van der Waals surface area (Å²) in [5.41, 5.74) is 9.07. The molecule has 7 heteroatoms. The van der Waals surface area contributed by atoms with Crippen molar-refractivity contribution in [3.63, 3.8) is 0 Å². The van der Waals surface area contributed by atoms with E-state index < -0.39 is 5.91 Å². The number of hydrogen-bond donors (Lipinski definition) is 2. The SMILES string of the molecule is Cc1ccc(NC(=O)c2c(-n3c(C)cc(/C=C(/C#N)C(=O)Nc4ccc(C)cc4C)c3C)sc3c2CCCC3)cc1. The molecule has 0 unspecified atom stereocenters. The Bertz CT molecular complexity index is 1730. The smallest absolute Gasteiger partial charge is 0.266 e. The minimum atomic E-state index is -0.450. The van der Waals surface area contributed by atoms with Crippen LogP contribution in [0.5, 0.6) is 0 Å². The largest absolute Gasteiger partial charge is 0.322 e. The average Bonchev–Trinajstić information content (AvgIpc) is 3.45. The Kier molecular flexibility index (Phi) is 7.96. The summed E-state index contributed by atoms with van der Waals surface area (Å²) >= 11 is 1.67. The number of fused-ring (bicyclic) bond motifs is 1. The summed E-state index contributed by atoms with van der Waals surface area (Å²) in [4.78, 5) is 28.1. The highest BCUT2D eigenvalue weighted by Crippen LogP contribution is 2.39. The van der Waals surface area contributed by atoms with E-state index in [2.05, 4.69) is 21.3 Å². The van der Waals surface area contributed by atoms with Gasteiger partial charge in [-0.05, 0) is 107 Å². The Balaban J connectivity index is 1.52. The second-order valence-electron chi connectivity index (χ2n) is 10.8. The van der Waals surface area contributed by atoms with Crippen LogP contribution in [-0.4, -0.2) is 16.4 Å². The molecule has 0 saturated carbocycles. The van der Waals surface area contributed by atoms with Gasteiger partial charge in [-0.3, -0.25) is 9.59 Å². The predicted molar refractivity (Wildman–Crippen MR) is 167 cm³/mol. The van der Waals surface area contributed by atoms with Gasteiger partial charge in [-0.15, -0.1) is 11.3 Å². The molecular formula is C34H34N4O2S. The van der Waals surface area contributed by atoms with E-state index in [1.165, 1.54) is 4.88 Å². The molecule has 0 fully saturated rings. The van der Waals surface area contributed by atoms with Crippen LogP contribution in [0.25, 0.3) is 11.1 Å². The van der Waals surface area contributed by atoms with Crippen LogP contribution in [0.15, 0.2) is 54.1 Å². The van der Waals surface area contributed by atoms with Crippen LogP contribution >= 0.6 is 11.3 Å². The first-order valence-electron chi connectivity index (χ1n) is 13.9. The van der Waals surface area contributed by atoms with Crippen molar-refractivity contribution in [2.75, 3.05) is 10.6 Å². The molecule has 2 N–H and O–H groups in total. The number of hydrogen-bond acceptors (Lipinski definition) is 4. The summed E-state index contributed by atoms with van der Waals surface area (Å²) in [6.45, 7) is 9.91. The van der Waals surface area contributed by atoms with Crippen LogP contribution in [0, 0.1) is 45.9 Å². The van der Waals surface area contributed by atoms with Crippen LogP contribution in [0.1, 0.15) is 67.3 Å². The number of carbonyl (C=O) groups is 2. The summed E-state index contributed by atoms with van der Waals surface area (Å²) < 4.78 is 2.09. The van der Waals surface area contributed by atoms with Crippen molar-refractivity contribution >= 4 is 40.6 Å². The lowest BCUT2D eigenvalue weighted by molar-refractivity contribution is -0.112. The first kappa shape index (κ1) is 28.1. The van der Waals surface area contributed by atoms with Crippen molar-refractivity contribution in [3.05, 3.63) is 104 Å². The molecule has 6 nitrogen and oxygen atoms in total.